The molecule has 1 atom stereocenters. The minimum atomic E-state index is -4.09. The van der Waals surface area contributed by atoms with Crippen molar-refractivity contribution in [3.63, 3.8) is 0 Å². The molecule has 0 spiro atoms. The first-order chi connectivity index (χ1) is 12.4. The summed E-state index contributed by atoms with van der Waals surface area (Å²) in [5.74, 6) is 0.425. The predicted octanol–water partition coefficient (Wildman–Crippen LogP) is 6.48. The van der Waals surface area contributed by atoms with Crippen LogP contribution < -0.4 is 0 Å². The zero-order valence-corrected chi connectivity index (χ0v) is 17.6. The van der Waals surface area contributed by atoms with E-state index >= 15 is 0 Å². The van der Waals surface area contributed by atoms with Crippen molar-refractivity contribution < 1.29 is 13.0 Å². The summed E-state index contributed by atoms with van der Waals surface area (Å²) in [5.41, 5.74) is 1.14. The van der Waals surface area contributed by atoms with Gasteiger partial charge in [-0.05, 0) is 30.0 Å². The van der Waals surface area contributed by atoms with Gasteiger partial charge in [-0.25, -0.2) is 0 Å². The summed E-state index contributed by atoms with van der Waals surface area (Å²) in [5, 5.41) is 0. The number of hydrogen-bond acceptors (Lipinski definition) is 2. The van der Waals surface area contributed by atoms with Crippen molar-refractivity contribution in [2.45, 2.75) is 108 Å². The minimum absolute atomic E-state index is 0. The van der Waals surface area contributed by atoms with Crippen LogP contribution in [0, 0.1) is 0 Å². The third-order valence-electron chi connectivity index (χ3n) is 5.24. The first-order valence-corrected chi connectivity index (χ1v) is 12.0. The summed E-state index contributed by atoms with van der Waals surface area (Å²) < 4.78 is 31.2. The molecule has 0 radical (unpaired) electrons. The molecule has 5 heteroatoms. The van der Waals surface area contributed by atoms with Gasteiger partial charge >= 0.3 is 29.6 Å². The molecular formula is C22H39NaO3S. The van der Waals surface area contributed by atoms with E-state index in [4.69, 9.17) is 4.55 Å². The van der Waals surface area contributed by atoms with Gasteiger partial charge in [0.2, 0.25) is 0 Å². The molecule has 1 rings (SSSR count). The summed E-state index contributed by atoms with van der Waals surface area (Å²) in [6, 6.07) is 6.61. The van der Waals surface area contributed by atoms with E-state index in [0.717, 1.165) is 12.0 Å². The van der Waals surface area contributed by atoms with Crippen LogP contribution in [0.2, 0.25) is 0 Å². The molecular weight excluding hydrogens is 367 g/mol. The van der Waals surface area contributed by atoms with Crippen LogP contribution in [0.1, 0.15) is 109 Å². The van der Waals surface area contributed by atoms with Crippen molar-refractivity contribution in [2.24, 2.45) is 0 Å². The molecule has 3 nitrogen and oxygen atoms in total. The van der Waals surface area contributed by atoms with Gasteiger partial charge in [0, 0.05) is 0 Å². The van der Waals surface area contributed by atoms with Crippen LogP contribution >= 0.6 is 0 Å². The van der Waals surface area contributed by atoms with Crippen molar-refractivity contribution in [1.82, 2.24) is 0 Å². The second-order valence-corrected chi connectivity index (χ2v) is 9.04. The number of rotatable bonds is 15. The zero-order valence-electron chi connectivity index (χ0n) is 16.8. The first-order valence-electron chi connectivity index (χ1n) is 10.5. The molecule has 0 heterocycles. The van der Waals surface area contributed by atoms with E-state index in [9.17, 15) is 8.42 Å². The summed E-state index contributed by atoms with van der Waals surface area (Å²) in [6.45, 7) is 4.45. The van der Waals surface area contributed by atoms with Crippen molar-refractivity contribution in [1.29, 1.82) is 0 Å². The summed E-state index contributed by atoms with van der Waals surface area (Å²) in [6.07, 6.45) is 17.4. The molecule has 1 unspecified atom stereocenters. The third-order valence-corrected chi connectivity index (χ3v) is 6.11. The molecule has 1 N–H and O–H groups in total. The Balaban J connectivity index is 0.00000676. The average molecular weight is 407 g/mol. The van der Waals surface area contributed by atoms with Crippen LogP contribution in [0.25, 0.3) is 0 Å². The molecule has 1 aromatic carbocycles. The Kier molecular flexibility index (Phi) is 16.1. The van der Waals surface area contributed by atoms with Crippen molar-refractivity contribution in [3.8, 4) is 0 Å². The van der Waals surface area contributed by atoms with Crippen LogP contribution in [-0.2, 0) is 10.1 Å². The number of unbranched alkanes of at least 4 members (excludes halogenated alkanes) is 11. The number of benzene rings is 1. The summed E-state index contributed by atoms with van der Waals surface area (Å²) >= 11 is 0. The van der Waals surface area contributed by atoms with Crippen molar-refractivity contribution in [3.05, 3.63) is 29.8 Å². The fraction of sp³-hybridized carbons (Fsp3) is 0.727. The molecule has 1 aromatic rings. The summed E-state index contributed by atoms with van der Waals surface area (Å²) in [4.78, 5) is -0.0289. The molecule has 0 fully saturated rings. The van der Waals surface area contributed by atoms with Gasteiger partial charge in [0.25, 0.3) is 10.1 Å². The fourth-order valence-corrected chi connectivity index (χ4v) is 3.91. The van der Waals surface area contributed by atoms with E-state index in [1.165, 1.54) is 89.2 Å². The Hall–Kier alpha value is 0.130. The Morgan fingerprint density at radius 3 is 1.59 bits per heavy atom. The van der Waals surface area contributed by atoms with E-state index in [-0.39, 0.29) is 34.5 Å². The molecule has 0 saturated carbocycles. The SMILES string of the molecule is CCCCCCCCCCCCCCC(C)c1ccc(S(=O)(=O)O)cc1.[NaH]. The molecule has 0 aliphatic carbocycles. The van der Waals surface area contributed by atoms with Crippen LogP contribution in [0.4, 0.5) is 0 Å². The van der Waals surface area contributed by atoms with Gasteiger partial charge in [0.1, 0.15) is 0 Å². The van der Waals surface area contributed by atoms with Gasteiger partial charge < -0.3 is 0 Å². The van der Waals surface area contributed by atoms with Crippen LogP contribution in [0.5, 0.6) is 0 Å². The molecule has 0 saturated heterocycles. The Morgan fingerprint density at radius 2 is 1.19 bits per heavy atom. The monoisotopic (exact) mass is 406 g/mol. The van der Waals surface area contributed by atoms with Crippen LogP contribution in [-0.4, -0.2) is 42.5 Å². The zero-order chi connectivity index (χ0) is 19.3. The molecule has 0 bridgehead atoms. The van der Waals surface area contributed by atoms with Gasteiger partial charge in [0.05, 0.1) is 4.90 Å². The Bertz CT molecular complexity index is 570. The molecule has 0 amide bonds. The maximum absolute atomic E-state index is 11.1. The van der Waals surface area contributed by atoms with Gasteiger partial charge in [0.15, 0.2) is 0 Å². The van der Waals surface area contributed by atoms with Crippen molar-refractivity contribution >= 4 is 39.7 Å². The van der Waals surface area contributed by atoms with E-state index in [1.54, 1.807) is 0 Å². The van der Waals surface area contributed by atoms with Crippen molar-refractivity contribution in [2.75, 3.05) is 0 Å². The quantitative estimate of drug-likeness (QED) is 0.206. The second kappa shape index (κ2) is 16.0. The Labute approximate surface area is 189 Å². The van der Waals surface area contributed by atoms with Gasteiger partial charge in [-0.3, -0.25) is 4.55 Å². The van der Waals surface area contributed by atoms with Gasteiger partial charge in [-0.15, -0.1) is 0 Å². The van der Waals surface area contributed by atoms with E-state index in [1.807, 2.05) is 12.1 Å². The van der Waals surface area contributed by atoms with E-state index in [2.05, 4.69) is 13.8 Å². The second-order valence-electron chi connectivity index (χ2n) is 7.62. The first kappa shape index (κ1) is 27.1. The van der Waals surface area contributed by atoms with E-state index in [0.29, 0.717) is 5.92 Å². The average Bonchev–Trinajstić information content (AvgIpc) is 2.62. The standard InChI is InChI=1S/C22H38O3S.Na.H/c1-3-4-5-6-7-8-9-10-11-12-13-14-15-20(2)21-16-18-22(19-17-21)26(23,24)25;;/h16-20H,3-15H2,1-2H3,(H,23,24,25);;. The fourth-order valence-electron chi connectivity index (χ4n) is 3.43. The molecule has 0 aliphatic heterocycles. The topological polar surface area (TPSA) is 54.4 Å². The summed E-state index contributed by atoms with van der Waals surface area (Å²) in [7, 11) is -4.09. The Morgan fingerprint density at radius 1 is 0.778 bits per heavy atom. The van der Waals surface area contributed by atoms with Crippen LogP contribution in [0.15, 0.2) is 29.2 Å². The van der Waals surface area contributed by atoms with Gasteiger partial charge in [-0.1, -0.05) is 103 Å². The normalized spacial score (nSPS) is 12.6. The predicted molar refractivity (Wildman–Crippen MR) is 118 cm³/mol. The van der Waals surface area contributed by atoms with Crippen LogP contribution in [0.3, 0.4) is 0 Å². The maximum atomic E-state index is 11.1. The van der Waals surface area contributed by atoms with E-state index < -0.39 is 10.1 Å². The van der Waals surface area contributed by atoms with Gasteiger partial charge in [-0.2, -0.15) is 8.42 Å². The molecule has 0 aliphatic rings. The third kappa shape index (κ3) is 13.1. The number of hydrogen-bond donors (Lipinski definition) is 1. The molecule has 152 valence electrons. The molecule has 27 heavy (non-hydrogen) atoms. The molecule has 0 aromatic heterocycles.